The van der Waals surface area contributed by atoms with Crippen molar-refractivity contribution >= 4 is 0 Å². The minimum atomic E-state index is -0.483. The van der Waals surface area contributed by atoms with E-state index in [2.05, 4.69) is 18.7 Å². The van der Waals surface area contributed by atoms with Gasteiger partial charge in [-0.25, -0.2) is 0 Å². The molecule has 0 radical (unpaired) electrons. The van der Waals surface area contributed by atoms with Crippen LogP contribution in [0.3, 0.4) is 0 Å². The van der Waals surface area contributed by atoms with Crippen LogP contribution in [0.1, 0.15) is 20.3 Å². The number of ether oxygens (including phenoxy) is 1. The van der Waals surface area contributed by atoms with E-state index in [1.54, 1.807) is 24.3 Å². The van der Waals surface area contributed by atoms with Crippen molar-refractivity contribution < 1.29 is 14.9 Å². The average Bonchev–Trinajstić information content (AvgIpc) is 2.87. The fourth-order valence-electron chi connectivity index (χ4n) is 2.49. The maximum absolute atomic E-state index is 10.2. The highest BCUT2D eigenvalue weighted by Crippen LogP contribution is 2.26. The number of nitrogens with zero attached hydrogens (tertiary/aromatic N) is 1. The zero-order valence-electron chi connectivity index (χ0n) is 11.6. The second kappa shape index (κ2) is 6.26. The van der Waals surface area contributed by atoms with Crippen LogP contribution in [0.2, 0.25) is 0 Å². The molecule has 1 heterocycles. The van der Waals surface area contributed by atoms with E-state index in [9.17, 15) is 10.2 Å². The molecule has 0 saturated carbocycles. The molecule has 2 unspecified atom stereocenters. The van der Waals surface area contributed by atoms with Crippen molar-refractivity contribution in [2.45, 2.75) is 32.4 Å². The number of hydrogen-bond acceptors (Lipinski definition) is 4. The maximum atomic E-state index is 10.2. The van der Waals surface area contributed by atoms with Crippen molar-refractivity contribution in [2.75, 3.05) is 19.7 Å². The summed E-state index contributed by atoms with van der Waals surface area (Å²) >= 11 is 0. The van der Waals surface area contributed by atoms with Crippen LogP contribution in [0.4, 0.5) is 0 Å². The van der Waals surface area contributed by atoms with Crippen LogP contribution in [0.25, 0.3) is 0 Å². The third-order valence-corrected chi connectivity index (χ3v) is 3.81. The summed E-state index contributed by atoms with van der Waals surface area (Å²) in [7, 11) is 0. The Bertz CT molecular complexity index is 408. The molecule has 4 nitrogen and oxygen atoms in total. The fraction of sp³-hybridized carbons (Fsp3) is 0.600. The fourth-order valence-corrected chi connectivity index (χ4v) is 2.49. The van der Waals surface area contributed by atoms with Gasteiger partial charge in [-0.1, -0.05) is 12.1 Å². The molecule has 2 rings (SSSR count). The van der Waals surface area contributed by atoms with E-state index in [1.807, 2.05) is 0 Å². The van der Waals surface area contributed by atoms with E-state index in [0.29, 0.717) is 11.8 Å². The third-order valence-electron chi connectivity index (χ3n) is 3.81. The van der Waals surface area contributed by atoms with Gasteiger partial charge in [0.15, 0.2) is 11.5 Å². The van der Waals surface area contributed by atoms with Crippen molar-refractivity contribution in [3.8, 4) is 11.5 Å². The lowest BCUT2D eigenvalue weighted by Crippen LogP contribution is -2.33. The summed E-state index contributed by atoms with van der Waals surface area (Å²) in [6, 6.07) is 7.36. The molecule has 1 aromatic rings. The summed E-state index contributed by atoms with van der Waals surface area (Å²) in [5.74, 6) is 0.804. The highest BCUT2D eigenvalue weighted by molar-refractivity contribution is 5.37. The molecule has 1 aromatic carbocycles. The first-order valence-corrected chi connectivity index (χ1v) is 6.91. The van der Waals surface area contributed by atoms with Gasteiger partial charge in [-0.2, -0.15) is 0 Å². The molecule has 0 aliphatic carbocycles. The van der Waals surface area contributed by atoms with Gasteiger partial charge in [-0.3, -0.25) is 0 Å². The van der Waals surface area contributed by atoms with Crippen LogP contribution in [0.15, 0.2) is 24.3 Å². The molecule has 0 spiro atoms. The van der Waals surface area contributed by atoms with Gasteiger partial charge in [0.25, 0.3) is 0 Å². The summed E-state index contributed by atoms with van der Waals surface area (Å²) in [5, 5.41) is 19.8. The van der Waals surface area contributed by atoms with Gasteiger partial charge < -0.3 is 19.8 Å². The number of phenolic OH excluding ortho intramolecular Hbond substituents is 1. The van der Waals surface area contributed by atoms with Crippen LogP contribution in [0, 0.1) is 5.92 Å². The van der Waals surface area contributed by atoms with Gasteiger partial charge in [0.2, 0.25) is 0 Å². The Kier molecular flexibility index (Phi) is 4.66. The van der Waals surface area contributed by atoms with E-state index < -0.39 is 6.10 Å². The molecular weight excluding hydrogens is 242 g/mol. The van der Waals surface area contributed by atoms with Crippen molar-refractivity contribution in [1.82, 2.24) is 4.90 Å². The topological polar surface area (TPSA) is 52.9 Å². The van der Waals surface area contributed by atoms with E-state index in [0.717, 1.165) is 19.5 Å². The van der Waals surface area contributed by atoms with Crippen molar-refractivity contribution in [3.05, 3.63) is 24.3 Å². The quantitative estimate of drug-likeness (QED) is 0.853. The highest BCUT2D eigenvalue weighted by atomic mass is 16.5. The lowest BCUT2D eigenvalue weighted by molar-refractivity contribution is 0.0573. The number of phenols is 1. The first-order chi connectivity index (χ1) is 9.08. The Morgan fingerprint density at radius 2 is 2.11 bits per heavy atom. The Hall–Kier alpha value is -1.26. The van der Waals surface area contributed by atoms with Crippen LogP contribution in [0.5, 0.6) is 11.5 Å². The van der Waals surface area contributed by atoms with Gasteiger partial charge in [-0.15, -0.1) is 0 Å². The summed E-state index contributed by atoms with van der Waals surface area (Å²) in [6.45, 7) is 6.54. The molecule has 0 bridgehead atoms. The van der Waals surface area contributed by atoms with Gasteiger partial charge in [0.1, 0.15) is 6.61 Å². The SMILES string of the molecule is CC(C)N1CCC(C(O)COc2ccccc2O)C1. The van der Waals surface area contributed by atoms with Crippen LogP contribution >= 0.6 is 0 Å². The molecule has 2 atom stereocenters. The second-order valence-corrected chi connectivity index (χ2v) is 5.48. The molecule has 1 saturated heterocycles. The monoisotopic (exact) mass is 265 g/mol. The number of rotatable bonds is 5. The summed E-state index contributed by atoms with van der Waals surface area (Å²) < 4.78 is 5.49. The number of aliphatic hydroxyl groups is 1. The number of likely N-dealkylation sites (tertiary alicyclic amines) is 1. The smallest absolute Gasteiger partial charge is 0.161 e. The molecule has 19 heavy (non-hydrogen) atoms. The van der Waals surface area contributed by atoms with Crippen LogP contribution < -0.4 is 4.74 Å². The Labute approximate surface area is 114 Å². The van der Waals surface area contributed by atoms with Crippen molar-refractivity contribution in [3.63, 3.8) is 0 Å². The van der Waals surface area contributed by atoms with Crippen LogP contribution in [-0.4, -0.2) is 47.0 Å². The number of aliphatic hydroxyl groups excluding tert-OH is 1. The van der Waals surface area contributed by atoms with Gasteiger partial charge in [-0.05, 0) is 38.9 Å². The van der Waals surface area contributed by atoms with Gasteiger partial charge >= 0.3 is 0 Å². The average molecular weight is 265 g/mol. The van der Waals surface area contributed by atoms with Gasteiger partial charge in [0.05, 0.1) is 6.10 Å². The van der Waals surface area contributed by atoms with E-state index in [-0.39, 0.29) is 18.3 Å². The Morgan fingerprint density at radius 1 is 1.37 bits per heavy atom. The molecule has 1 fully saturated rings. The van der Waals surface area contributed by atoms with Gasteiger partial charge in [0, 0.05) is 18.5 Å². The number of hydrogen-bond donors (Lipinski definition) is 2. The zero-order chi connectivity index (χ0) is 13.8. The van der Waals surface area contributed by atoms with Crippen molar-refractivity contribution in [2.24, 2.45) is 5.92 Å². The molecular formula is C15H23NO3. The standard InChI is InChI=1S/C15H23NO3/c1-11(2)16-8-7-12(9-16)14(18)10-19-15-6-4-3-5-13(15)17/h3-6,11-12,14,17-18H,7-10H2,1-2H3. The minimum absolute atomic E-state index is 0.116. The lowest BCUT2D eigenvalue weighted by Gasteiger charge is -2.22. The number of aromatic hydroxyl groups is 1. The number of para-hydroxylation sites is 2. The molecule has 1 aliphatic heterocycles. The van der Waals surface area contributed by atoms with E-state index in [4.69, 9.17) is 4.74 Å². The molecule has 4 heteroatoms. The molecule has 0 amide bonds. The first kappa shape index (κ1) is 14.2. The molecule has 1 aliphatic rings. The predicted molar refractivity (Wildman–Crippen MR) is 74.4 cm³/mol. The second-order valence-electron chi connectivity index (χ2n) is 5.48. The predicted octanol–water partition coefficient (Wildman–Crippen LogP) is 1.86. The zero-order valence-corrected chi connectivity index (χ0v) is 11.6. The molecule has 0 aromatic heterocycles. The Balaban J connectivity index is 1.82. The lowest BCUT2D eigenvalue weighted by atomic mass is 10.0. The number of benzene rings is 1. The molecule has 2 N–H and O–H groups in total. The Morgan fingerprint density at radius 3 is 2.74 bits per heavy atom. The minimum Gasteiger partial charge on any atom is -0.504 e. The van der Waals surface area contributed by atoms with E-state index in [1.165, 1.54) is 0 Å². The largest absolute Gasteiger partial charge is 0.504 e. The van der Waals surface area contributed by atoms with Crippen molar-refractivity contribution in [1.29, 1.82) is 0 Å². The summed E-state index contributed by atoms with van der Waals surface area (Å²) in [4.78, 5) is 2.37. The third kappa shape index (κ3) is 3.61. The van der Waals surface area contributed by atoms with Crippen LogP contribution in [-0.2, 0) is 0 Å². The van der Waals surface area contributed by atoms with E-state index >= 15 is 0 Å². The maximum Gasteiger partial charge on any atom is 0.161 e. The normalized spacial score (nSPS) is 21.8. The highest BCUT2D eigenvalue weighted by Gasteiger charge is 2.29. The molecule has 106 valence electrons. The summed E-state index contributed by atoms with van der Waals surface area (Å²) in [5.41, 5.74) is 0. The summed E-state index contributed by atoms with van der Waals surface area (Å²) in [6.07, 6.45) is 0.520. The first-order valence-electron chi connectivity index (χ1n) is 6.91.